The van der Waals surface area contributed by atoms with E-state index < -0.39 is 5.72 Å². The number of rotatable bonds is 15. The highest BCUT2D eigenvalue weighted by atomic mass is 35.5. The minimum absolute atomic E-state index is 0.426. The predicted octanol–water partition coefficient (Wildman–Crippen LogP) is 7.44. The third kappa shape index (κ3) is 7.52. The van der Waals surface area contributed by atoms with Crippen LogP contribution in [0.15, 0.2) is 54.6 Å². The number of unbranched alkanes of at least 4 members (excludes halogenated alkanes) is 5. The highest BCUT2D eigenvalue weighted by molar-refractivity contribution is 6.30. The molecule has 0 heterocycles. The molecular formula is C27H41ClNO2+. The van der Waals surface area contributed by atoms with Gasteiger partial charge < -0.3 is 9.47 Å². The van der Waals surface area contributed by atoms with Gasteiger partial charge in [-0.15, -0.1) is 0 Å². The van der Waals surface area contributed by atoms with Crippen LogP contribution in [0.2, 0.25) is 5.02 Å². The molecule has 0 aliphatic rings. The van der Waals surface area contributed by atoms with Crippen molar-refractivity contribution in [2.24, 2.45) is 0 Å². The monoisotopic (exact) mass is 446 g/mol. The quantitative estimate of drug-likeness (QED) is 0.161. The molecule has 0 aromatic heterocycles. The Labute approximate surface area is 194 Å². The van der Waals surface area contributed by atoms with Crippen LogP contribution in [0, 0.1) is 0 Å². The van der Waals surface area contributed by atoms with Crippen LogP contribution in [0.5, 0.6) is 5.75 Å². The van der Waals surface area contributed by atoms with Crippen molar-refractivity contribution in [2.45, 2.75) is 64.5 Å². The van der Waals surface area contributed by atoms with Gasteiger partial charge in [-0.25, -0.2) is 0 Å². The molecule has 0 N–H and O–H groups in total. The van der Waals surface area contributed by atoms with Crippen molar-refractivity contribution in [1.82, 2.24) is 0 Å². The van der Waals surface area contributed by atoms with Gasteiger partial charge in [-0.05, 0) is 49.7 Å². The summed E-state index contributed by atoms with van der Waals surface area (Å²) >= 11 is 6.21. The standard InChI is InChI=1S/C27H41ClNO2/c1-5-7-8-9-10-14-21-27(29(3,4)6-2,24-17-19-25(28)20-18-24)31-23-22-30-26-15-12-11-13-16-26/h11-13,15-20H,5-10,14,21-23H2,1-4H3/q+1. The summed E-state index contributed by atoms with van der Waals surface area (Å²) in [7, 11) is 4.54. The summed E-state index contributed by atoms with van der Waals surface area (Å²) in [6.45, 7) is 6.53. The van der Waals surface area contributed by atoms with Crippen molar-refractivity contribution in [3.05, 3.63) is 65.2 Å². The fourth-order valence-corrected chi connectivity index (χ4v) is 4.25. The first-order valence-electron chi connectivity index (χ1n) is 11.9. The molecule has 31 heavy (non-hydrogen) atoms. The van der Waals surface area contributed by atoms with Crippen molar-refractivity contribution in [3.8, 4) is 5.75 Å². The van der Waals surface area contributed by atoms with Crippen molar-refractivity contribution in [2.75, 3.05) is 33.9 Å². The minimum atomic E-state index is -0.426. The lowest BCUT2D eigenvalue weighted by Crippen LogP contribution is -2.59. The van der Waals surface area contributed by atoms with E-state index in [2.05, 4.69) is 40.1 Å². The highest BCUT2D eigenvalue weighted by Crippen LogP contribution is 2.39. The maximum absolute atomic E-state index is 6.76. The Balaban J connectivity index is 2.16. The number of hydrogen-bond donors (Lipinski definition) is 0. The van der Waals surface area contributed by atoms with Crippen LogP contribution in [0.1, 0.15) is 64.4 Å². The maximum Gasteiger partial charge on any atom is 0.229 e. The summed E-state index contributed by atoms with van der Waals surface area (Å²) in [5.41, 5.74) is 0.765. The van der Waals surface area contributed by atoms with E-state index in [0.717, 1.165) is 34.6 Å². The summed E-state index contributed by atoms with van der Waals surface area (Å²) in [6.07, 6.45) is 8.58. The summed E-state index contributed by atoms with van der Waals surface area (Å²) in [5.74, 6) is 0.878. The minimum Gasteiger partial charge on any atom is -0.491 e. The van der Waals surface area contributed by atoms with Crippen LogP contribution in [0.4, 0.5) is 0 Å². The zero-order valence-corrected chi connectivity index (χ0v) is 20.7. The van der Waals surface area contributed by atoms with Gasteiger partial charge in [-0.2, -0.15) is 0 Å². The Morgan fingerprint density at radius 2 is 1.45 bits per heavy atom. The molecule has 0 amide bonds. The van der Waals surface area contributed by atoms with Gasteiger partial charge in [-0.3, -0.25) is 4.48 Å². The third-order valence-corrected chi connectivity index (χ3v) is 6.62. The van der Waals surface area contributed by atoms with Gasteiger partial charge in [0.1, 0.15) is 12.4 Å². The molecule has 0 aliphatic heterocycles. The molecule has 0 fully saturated rings. The van der Waals surface area contributed by atoms with Gasteiger partial charge >= 0.3 is 0 Å². The van der Waals surface area contributed by atoms with E-state index in [1.165, 1.54) is 37.7 Å². The average Bonchev–Trinajstić information content (AvgIpc) is 2.78. The first kappa shape index (κ1) is 25.7. The van der Waals surface area contributed by atoms with Crippen molar-refractivity contribution >= 4 is 11.6 Å². The molecule has 0 saturated heterocycles. The molecule has 1 atom stereocenters. The first-order valence-corrected chi connectivity index (χ1v) is 12.2. The molecule has 172 valence electrons. The number of benzene rings is 2. The molecule has 2 rings (SSSR count). The fraction of sp³-hybridized carbons (Fsp3) is 0.556. The second-order valence-electron chi connectivity index (χ2n) is 8.82. The SMILES string of the molecule is CCCCCCCCC(OCCOc1ccccc1)(c1ccc(Cl)cc1)[N+](C)(C)CC. The lowest BCUT2D eigenvalue weighted by Gasteiger charge is -2.48. The fourth-order valence-electron chi connectivity index (χ4n) is 4.12. The van der Waals surface area contributed by atoms with Crippen molar-refractivity contribution in [1.29, 1.82) is 0 Å². The second-order valence-corrected chi connectivity index (χ2v) is 9.26. The van der Waals surface area contributed by atoms with Gasteiger partial charge in [0.05, 0.1) is 27.2 Å². The average molecular weight is 447 g/mol. The predicted molar refractivity (Wildman–Crippen MR) is 132 cm³/mol. The van der Waals surface area contributed by atoms with Crippen LogP contribution < -0.4 is 4.74 Å². The van der Waals surface area contributed by atoms with E-state index in [1.54, 1.807) is 0 Å². The van der Waals surface area contributed by atoms with Crippen LogP contribution in [0.25, 0.3) is 0 Å². The Kier molecular flexibility index (Phi) is 10.9. The van der Waals surface area contributed by atoms with Crippen molar-refractivity contribution in [3.63, 3.8) is 0 Å². The van der Waals surface area contributed by atoms with Gasteiger partial charge in [0.2, 0.25) is 5.72 Å². The molecule has 4 heteroatoms. The van der Waals surface area contributed by atoms with E-state index in [0.29, 0.717) is 13.2 Å². The Morgan fingerprint density at radius 1 is 0.806 bits per heavy atom. The van der Waals surface area contributed by atoms with E-state index in [4.69, 9.17) is 21.1 Å². The van der Waals surface area contributed by atoms with E-state index in [9.17, 15) is 0 Å². The first-order chi connectivity index (χ1) is 14.9. The van der Waals surface area contributed by atoms with E-state index in [-0.39, 0.29) is 0 Å². The second kappa shape index (κ2) is 13.1. The number of nitrogens with zero attached hydrogens (tertiary/aromatic N) is 1. The van der Waals surface area contributed by atoms with Gasteiger partial charge in [0, 0.05) is 17.0 Å². The molecular weight excluding hydrogens is 406 g/mol. The number of hydrogen-bond acceptors (Lipinski definition) is 2. The molecule has 0 spiro atoms. The van der Waals surface area contributed by atoms with Crippen LogP contribution >= 0.6 is 11.6 Å². The normalized spacial score (nSPS) is 13.7. The number of ether oxygens (including phenoxy) is 2. The maximum atomic E-state index is 6.76. The molecule has 2 aromatic rings. The lowest BCUT2D eigenvalue weighted by atomic mass is 9.92. The molecule has 0 saturated carbocycles. The molecule has 0 bridgehead atoms. The molecule has 1 unspecified atom stereocenters. The topological polar surface area (TPSA) is 18.5 Å². The van der Waals surface area contributed by atoms with E-state index in [1.807, 2.05) is 42.5 Å². The van der Waals surface area contributed by atoms with Crippen LogP contribution in [0.3, 0.4) is 0 Å². The molecule has 0 radical (unpaired) electrons. The largest absolute Gasteiger partial charge is 0.491 e. The third-order valence-electron chi connectivity index (χ3n) is 6.37. The van der Waals surface area contributed by atoms with E-state index >= 15 is 0 Å². The van der Waals surface area contributed by atoms with Crippen LogP contribution in [-0.2, 0) is 10.5 Å². The zero-order valence-electron chi connectivity index (χ0n) is 19.9. The summed E-state index contributed by atoms with van der Waals surface area (Å²) in [4.78, 5) is 0. The Bertz CT molecular complexity index is 733. The summed E-state index contributed by atoms with van der Waals surface area (Å²) in [6, 6.07) is 18.2. The highest BCUT2D eigenvalue weighted by Gasteiger charge is 2.47. The molecule has 0 aliphatic carbocycles. The number of quaternary nitrogens is 1. The zero-order chi connectivity index (χ0) is 22.6. The Morgan fingerprint density at radius 3 is 2.10 bits per heavy atom. The lowest BCUT2D eigenvalue weighted by molar-refractivity contribution is -0.976. The van der Waals surface area contributed by atoms with Gasteiger partial charge in [-0.1, -0.05) is 68.8 Å². The van der Waals surface area contributed by atoms with Gasteiger partial charge in [0.25, 0.3) is 0 Å². The molecule has 2 aromatic carbocycles. The number of halogens is 1. The van der Waals surface area contributed by atoms with Crippen molar-refractivity contribution < 1.29 is 14.0 Å². The summed E-state index contributed by atoms with van der Waals surface area (Å²) < 4.78 is 13.4. The molecule has 3 nitrogen and oxygen atoms in total. The smallest absolute Gasteiger partial charge is 0.229 e. The van der Waals surface area contributed by atoms with Crippen LogP contribution in [-0.4, -0.2) is 38.3 Å². The Hall–Kier alpha value is -1.55. The summed E-state index contributed by atoms with van der Waals surface area (Å²) in [5, 5.41) is 0.756. The van der Waals surface area contributed by atoms with Gasteiger partial charge in [0.15, 0.2) is 0 Å². The number of para-hydroxylation sites is 1.